The van der Waals surface area contributed by atoms with Crippen molar-refractivity contribution >= 4 is 44.4 Å². The number of hydrogen-bond acceptors (Lipinski definition) is 13. The Morgan fingerprint density at radius 3 is 2.53 bits per heavy atom. The first-order valence-electron chi connectivity index (χ1n) is 14.0. The molecule has 0 fully saturated rings. The summed E-state index contributed by atoms with van der Waals surface area (Å²) in [5, 5.41) is 21.3. The third kappa shape index (κ3) is 7.68. The molecule has 1 amide bonds. The van der Waals surface area contributed by atoms with Gasteiger partial charge in [-0.1, -0.05) is 0 Å². The second-order valence-corrected chi connectivity index (χ2v) is 11.1. The van der Waals surface area contributed by atoms with Crippen LogP contribution >= 0.6 is 11.3 Å². The van der Waals surface area contributed by atoms with Crippen LogP contribution in [0.4, 0.5) is 14.9 Å². The van der Waals surface area contributed by atoms with Crippen LogP contribution in [0.5, 0.6) is 17.6 Å². The quantitative estimate of drug-likeness (QED) is 0.173. The van der Waals surface area contributed by atoms with Crippen LogP contribution in [0.2, 0.25) is 0 Å². The number of ether oxygens (including phenoxy) is 4. The third-order valence-electron chi connectivity index (χ3n) is 6.49. The van der Waals surface area contributed by atoms with Gasteiger partial charge in [0.2, 0.25) is 5.88 Å². The molecule has 0 bridgehead atoms. The standard InChI is InChI=1S/C30H31FN6O7S/c1-5-41-26-12-32-27-20(6-15(2)7-23(27)36-26)28-37-22-8-21(31)24(9-25(22)45-28)43-16(3)17(4)44-30(40)35-18-10-33-29(34-11-18)42-14-19(39)13-38/h6-12,16-17,19,38-39H,5,13-14H2,1-4H3,(H,35,40)/t16-,17+,19+/m0/s1. The number of fused-ring (bicyclic) bond motifs is 2. The summed E-state index contributed by atoms with van der Waals surface area (Å²) in [4.78, 5) is 34.0. The predicted octanol–water partition coefficient (Wildman–Crippen LogP) is 4.68. The molecule has 5 rings (SSSR count). The number of hydrogen-bond donors (Lipinski definition) is 3. The van der Waals surface area contributed by atoms with Crippen molar-refractivity contribution in [3.63, 3.8) is 0 Å². The molecule has 3 heterocycles. The Labute approximate surface area is 261 Å². The van der Waals surface area contributed by atoms with Crippen LogP contribution in [-0.4, -0.2) is 79.4 Å². The molecule has 0 radical (unpaired) electrons. The number of nitrogens with zero attached hydrogens (tertiary/aromatic N) is 5. The summed E-state index contributed by atoms with van der Waals surface area (Å²) in [6, 6.07) is 6.73. The van der Waals surface area contributed by atoms with E-state index < -0.39 is 36.8 Å². The van der Waals surface area contributed by atoms with E-state index in [1.54, 1.807) is 26.1 Å². The maximum absolute atomic E-state index is 15.1. The second-order valence-electron chi connectivity index (χ2n) is 10.1. The normalized spacial score (nSPS) is 13.3. The van der Waals surface area contributed by atoms with Crippen LogP contribution in [0.1, 0.15) is 26.3 Å². The number of carbonyl (C=O) groups is 1. The lowest BCUT2D eigenvalue weighted by Gasteiger charge is -2.22. The zero-order chi connectivity index (χ0) is 32.1. The molecule has 0 unspecified atom stereocenters. The number of aryl methyl sites for hydroxylation is 1. The fraction of sp³-hybridized carbons (Fsp3) is 0.333. The van der Waals surface area contributed by atoms with E-state index in [2.05, 4.69) is 30.2 Å². The number of rotatable bonds is 12. The summed E-state index contributed by atoms with van der Waals surface area (Å²) in [6.07, 6.45) is 0.815. The van der Waals surface area contributed by atoms with Gasteiger partial charge in [-0.3, -0.25) is 5.32 Å². The van der Waals surface area contributed by atoms with Crippen molar-refractivity contribution in [2.75, 3.05) is 25.1 Å². The van der Waals surface area contributed by atoms with Crippen LogP contribution in [0.25, 0.3) is 31.8 Å². The first kappa shape index (κ1) is 31.7. The van der Waals surface area contributed by atoms with Crippen molar-refractivity contribution in [1.82, 2.24) is 24.9 Å². The zero-order valence-corrected chi connectivity index (χ0v) is 25.7. The molecular weight excluding hydrogens is 607 g/mol. The Hall–Kier alpha value is -4.73. The molecule has 0 saturated carbocycles. The Morgan fingerprint density at radius 2 is 1.80 bits per heavy atom. The number of thiazole rings is 1. The van der Waals surface area contributed by atoms with E-state index in [-0.39, 0.29) is 24.1 Å². The lowest BCUT2D eigenvalue weighted by molar-refractivity contribution is 0.0402. The smallest absolute Gasteiger partial charge is 0.412 e. The van der Waals surface area contributed by atoms with Crippen molar-refractivity contribution in [3.8, 4) is 28.2 Å². The van der Waals surface area contributed by atoms with Gasteiger partial charge in [0, 0.05) is 17.7 Å². The second kappa shape index (κ2) is 13.9. The summed E-state index contributed by atoms with van der Waals surface area (Å²) in [7, 11) is 0. The average molecular weight is 639 g/mol. The van der Waals surface area contributed by atoms with Gasteiger partial charge in [-0.2, -0.15) is 0 Å². The van der Waals surface area contributed by atoms with Crippen molar-refractivity contribution in [1.29, 1.82) is 0 Å². The van der Waals surface area contributed by atoms with Gasteiger partial charge in [-0.05, 0) is 45.4 Å². The van der Waals surface area contributed by atoms with Gasteiger partial charge in [0.05, 0.1) is 58.7 Å². The average Bonchev–Trinajstić information content (AvgIpc) is 3.42. The summed E-state index contributed by atoms with van der Waals surface area (Å²) < 4.78 is 37.7. The number of aliphatic hydroxyl groups excluding tert-OH is 2. The summed E-state index contributed by atoms with van der Waals surface area (Å²) in [5.74, 6) is -0.179. The highest BCUT2D eigenvalue weighted by molar-refractivity contribution is 7.21. The van der Waals surface area contributed by atoms with Crippen molar-refractivity contribution < 1.29 is 38.3 Å². The van der Waals surface area contributed by atoms with Crippen LogP contribution in [0.3, 0.4) is 0 Å². The van der Waals surface area contributed by atoms with Gasteiger partial charge in [-0.25, -0.2) is 34.1 Å². The fourth-order valence-corrected chi connectivity index (χ4v) is 5.14. The minimum atomic E-state index is -1.06. The molecule has 0 aliphatic heterocycles. The van der Waals surface area contributed by atoms with Crippen LogP contribution < -0.4 is 19.5 Å². The molecule has 0 aliphatic carbocycles. The number of anilines is 1. The topological polar surface area (TPSA) is 171 Å². The van der Waals surface area contributed by atoms with E-state index in [9.17, 15) is 9.90 Å². The largest absolute Gasteiger partial charge is 0.484 e. The van der Waals surface area contributed by atoms with Gasteiger partial charge in [0.1, 0.15) is 29.9 Å². The fourth-order valence-electron chi connectivity index (χ4n) is 4.15. The van der Waals surface area contributed by atoms with Gasteiger partial charge < -0.3 is 29.2 Å². The first-order valence-corrected chi connectivity index (χ1v) is 14.8. The molecule has 236 valence electrons. The Balaban J connectivity index is 1.25. The molecule has 2 aromatic carbocycles. The molecular formula is C30H31FN6O7S. The number of carbonyl (C=O) groups excluding carboxylic acids is 1. The first-order chi connectivity index (χ1) is 21.6. The van der Waals surface area contributed by atoms with E-state index in [1.807, 2.05) is 26.0 Å². The number of aromatic nitrogens is 5. The molecule has 3 atom stereocenters. The van der Waals surface area contributed by atoms with Crippen LogP contribution in [0.15, 0.2) is 42.9 Å². The molecule has 45 heavy (non-hydrogen) atoms. The molecule has 3 N–H and O–H groups in total. The number of benzene rings is 2. The molecule has 0 aliphatic rings. The molecule has 0 saturated heterocycles. The van der Waals surface area contributed by atoms with Gasteiger partial charge >= 0.3 is 12.1 Å². The molecule has 3 aromatic heterocycles. The minimum Gasteiger partial charge on any atom is -0.484 e. The number of nitrogens with one attached hydrogen (secondary N) is 1. The molecule has 5 aromatic rings. The molecule has 15 heteroatoms. The summed E-state index contributed by atoms with van der Waals surface area (Å²) in [6.45, 7) is 6.93. The van der Waals surface area contributed by atoms with Crippen LogP contribution in [0, 0.1) is 12.7 Å². The highest BCUT2D eigenvalue weighted by Crippen LogP contribution is 2.37. The van der Waals surface area contributed by atoms with Gasteiger partial charge in [0.25, 0.3) is 0 Å². The van der Waals surface area contributed by atoms with E-state index in [1.165, 1.54) is 29.8 Å². The number of amides is 1. The van der Waals surface area contributed by atoms with Crippen molar-refractivity contribution in [2.45, 2.75) is 46.0 Å². The number of aliphatic hydroxyl groups is 2. The van der Waals surface area contributed by atoms with Crippen molar-refractivity contribution in [3.05, 3.63) is 54.2 Å². The van der Waals surface area contributed by atoms with Crippen molar-refractivity contribution in [2.24, 2.45) is 0 Å². The predicted molar refractivity (Wildman–Crippen MR) is 164 cm³/mol. The SMILES string of the molecule is CCOc1cnc2c(-c3nc4cc(F)c(O[C@@H](C)[C@@H](C)OC(=O)Nc5cnc(OC[C@H](O)CO)nc5)cc4s3)cc(C)cc2n1. The number of halogens is 1. The Morgan fingerprint density at radius 1 is 1.02 bits per heavy atom. The van der Waals surface area contributed by atoms with Gasteiger partial charge in [-0.15, -0.1) is 11.3 Å². The van der Waals surface area contributed by atoms with Gasteiger partial charge in [0.15, 0.2) is 11.6 Å². The molecule has 0 spiro atoms. The summed E-state index contributed by atoms with van der Waals surface area (Å²) in [5.41, 5.74) is 3.77. The van der Waals surface area contributed by atoms with E-state index in [0.717, 1.165) is 11.1 Å². The Kier molecular flexibility index (Phi) is 9.80. The summed E-state index contributed by atoms with van der Waals surface area (Å²) >= 11 is 1.37. The maximum atomic E-state index is 15.1. The monoisotopic (exact) mass is 638 g/mol. The maximum Gasteiger partial charge on any atom is 0.412 e. The highest BCUT2D eigenvalue weighted by atomic mass is 32.1. The van der Waals surface area contributed by atoms with E-state index in [4.69, 9.17) is 24.1 Å². The third-order valence-corrected chi connectivity index (χ3v) is 7.54. The molecule has 13 nitrogen and oxygen atoms in total. The minimum absolute atomic E-state index is 0.00777. The lowest BCUT2D eigenvalue weighted by Crippen LogP contribution is -2.32. The zero-order valence-electron chi connectivity index (χ0n) is 24.9. The van der Waals surface area contributed by atoms with E-state index >= 15 is 4.39 Å². The highest BCUT2D eigenvalue weighted by Gasteiger charge is 2.22. The Bertz CT molecular complexity index is 1810. The lowest BCUT2D eigenvalue weighted by atomic mass is 10.1. The van der Waals surface area contributed by atoms with Crippen LogP contribution in [-0.2, 0) is 4.74 Å². The van der Waals surface area contributed by atoms with E-state index in [0.29, 0.717) is 38.7 Å².